The molecule has 0 saturated carbocycles. The molecule has 2 aromatic carbocycles. The van der Waals surface area contributed by atoms with Crippen LogP contribution in [0.2, 0.25) is 0 Å². The quantitative estimate of drug-likeness (QED) is 0.110. The Labute approximate surface area is 368 Å². The molecule has 4 aromatic rings. The molecule has 0 radical (unpaired) electrons. The maximum absolute atomic E-state index is 14.4. The molecule has 15 nitrogen and oxygen atoms in total. The van der Waals surface area contributed by atoms with Crippen molar-refractivity contribution < 1.29 is 49.7 Å². The van der Waals surface area contributed by atoms with Crippen LogP contribution < -0.4 is 9.03 Å². The fourth-order valence-corrected chi connectivity index (χ4v) is 8.57. The Kier molecular flexibility index (Phi) is 14.8. The highest BCUT2D eigenvalue weighted by atomic mass is 32.2. The third-order valence-electron chi connectivity index (χ3n) is 9.62. The van der Waals surface area contributed by atoms with Gasteiger partial charge in [-0.1, -0.05) is 39.8 Å². The second kappa shape index (κ2) is 19.0. The number of rotatable bonds is 15. The third kappa shape index (κ3) is 13.1. The third-order valence-corrected chi connectivity index (χ3v) is 11.9. The maximum Gasteiger partial charge on any atom is 0.308 e. The number of aromatic nitrogens is 4. The highest BCUT2D eigenvalue weighted by molar-refractivity contribution is 7.92. The summed E-state index contributed by atoms with van der Waals surface area (Å²) in [6.07, 6.45) is 1.94. The Hall–Kier alpha value is -4.95. The van der Waals surface area contributed by atoms with Crippen LogP contribution in [0.15, 0.2) is 54.6 Å². The Morgan fingerprint density at radius 3 is 1.98 bits per heavy atom. The molecule has 2 aromatic heterocycles. The zero-order chi connectivity index (χ0) is 46.8. The fourth-order valence-electron chi connectivity index (χ4n) is 7.03. The van der Waals surface area contributed by atoms with Crippen molar-refractivity contribution in [1.82, 2.24) is 19.9 Å². The Morgan fingerprint density at radius 2 is 1.46 bits per heavy atom. The molecule has 5 rings (SSSR count). The SMILES string of the molecule is CC(C)c1nc(N(C)S(=O)(=O)CC(O)c2c(-c3ccc(F)cc3)nc(NS(C)(=O)=O)nc2C(C)C)nc(-c2ccc(F)cc2)c1/C=C/[C@@H]1C[C@H](CC(=O)OC(C)(C)C)OC(C)(C)O1. The second-order valence-corrected chi connectivity index (χ2v) is 21.3. The van der Waals surface area contributed by atoms with Gasteiger partial charge in [0.15, 0.2) is 5.79 Å². The summed E-state index contributed by atoms with van der Waals surface area (Å²) >= 11 is 0. The molecule has 3 atom stereocenters. The first-order valence-electron chi connectivity index (χ1n) is 20.3. The van der Waals surface area contributed by atoms with Gasteiger partial charge < -0.3 is 19.3 Å². The number of ether oxygens (including phenoxy) is 3. The van der Waals surface area contributed by atoms with Crippen molar-refractivity contribution in [1.29, 1.82) is 0 Å². The minimum absolute atomic E-state index is 0.00393. The molecule has 0 aliphatic carbocycles. The molecular formula is C44H56F2N6O9S2. The molecule has 63 heavy (non-hydrogen) atoms. The maximum atomic E-state index is 14.4. The van der Waals surface area contributed by atoms with Gasteiger partial charge >= 0.3 is 5.97 Å². The van der Waals surface area contributed by atoms with E-state index in [1.807, 2.05) is 13.8 Å². The normalized spacial score (nSPS) is 17.6. The molecule has 1 fully saturated rings. The van der Waals surface area contributed by atoms with E-state index in [9.17, 15) is 35.5 Å². The van der Waals surface area contributed by atoms with Gasteiger partial charge in [-0.25, -0.2) is 49.9 Å². The van der Waals surface area contributed by atoms with E-state index in [1.54, 1.807) is 60.6 Å². The first-order valence-corrected chi connectivity index (χ1v) is 23.8. The van der Waals surface area contributed by atoms with Crippen LogP contribution in [0.4, 0.5) is 20.7 Å². The highest BCUT2D eigenvalue weighted by Crippen LogP contribution is 2.37. The zero-order valence-electron chi connectivity index (χ0n) is 37.3. The summed E-state index contributed by atoms with van der Waals surface area (Å²) in [6.45, 7) is 16.0. The van der Waals surface area contributed by atoms with Crippen molar-refractivity contribution in [3.63, 3.8) is 0 Å². The largest absolute Gasteiger partial charge is 0.460 e. The minimum atomic E-state index is -4.50. The topological polar surface area (TPSA) is 200 Å². The number of halogens is 2. The number of carbonyl (C=O) groups is 1. The number of nitrogens with zero attached hydrogens (tertiary/aromatic N) is 5. The number of nitrogens with one attached hydrogen (secondary N) is 1. The number of carbonyl (C=O) groups excluding carboxylic acids is 1. The lowest BCUT2D eigenvalue weighted by Gasteiger charge is -2.39. The van der Waals surface area contributed by atoms with Crippen LogP contribution in [-0.4, -0.2) is 90.5 Å². The van der Waals surface area contributed by atoms with Gasteiger partial charge in [-0.3, -0.25) is 9.52 Å². The van der Waals surface area contributed by atoms with Gasteiger partial charge in [-0.05, 0) is 95.0 Å². The summed E-state index contributed by atoms with van der Waals surface area (Å²) < 4.78 is 102. The van der Waals surface area contributed by atoms with Crippen LogP contribution in [0.3, 0.4) is 0 Å². The van der Waals surface area contributed by atoms with Gasteiger partial charge in [-0.15, -0.1) is 0 Å². The molecule has 3 heterocycles. The summed E-state index contributed by atoms with van der Waals surface area (Å²) in [5, 5.41) is 11.9. The average Bonchev–Trinajstić information content (AvgIpc) is 3.14. The van der Waals surface area contributed by atoms with Crippen molar-refractivity contribution in [2.24, 2.45) is 0 Å². The number of sulfonamides is 2. The van der Waals surface area contributed by atoms with Crippen LogP contribution in [0.25, 0.3) is 28.6 Å². The van der Waals surface area contributed by atoms with Crippen molar-refractivity contribution in [2.75, 3.05) is 28.1 Å². The van der Waals surface area contributed by atoms with E-state index < -0.39 is 79.0 Å². The number of hydrogen-bond acceptors (Lipinski definition) is 13. The van der Waals surface area contributed by atoms with Crippen LogP contribution >= 0.6 is 0 Å². The van der Waals surface area contributed by atoms with Crippen molar-refractivity contribution in [3.8, 4) is 22.5 Å². The lowest BCUT2D eigenvalue weighted by Crippen LogP contribution is -2.45. The summed E-state index contributed by atoms with van der Waals surface area (Å²) in [4.78, 5) is 30.9. The summed E-state index contributed by atoms with van der Waals surface area (Å²) in [5.41, 5.74) is 1.42. The van der Waals surface area contributed by atoms with Crippen LogP contribution in [0, 0.1) is 11.6 Å². The first kappa shape index (κ1) is 49.1. The summed E-state index contributed by atoms with van der Waals surface area (Å²) in [6, 6.07) is 10.6. The number of aliphatic hydroxyl groups is 1. The highest BCUT2D eigenvalue weighted by Gasteiger charge is 2.37. The van der Waals surface area contributed by atoms with Crippen LogP contribution in [0.5, 0.6) is 0 Å². The van der Waals surface area contributed by atoms with Gasteiger partial charge in [0.05, 0.1) is 59.5 Å². The van der Waals surface area contributed by atoms with Gasteiger partial charge in [0.25, 0.3) is 0 Å². The van der Waals surface area contributed by atoms with E-state index in [0.717, 1.165) is 22.7 Å². The molecule has 342 valence electrons. The number of hydrogen-bond donors (Lipinski definition) is 2. The summed E-state index contributed by atoms with van der Waals surface area (Å²) in [5.74, 6) is -4.79. The van der Waals surface area contributed by atoms with Crippen LogP contribution in [0.1, 0.15) is 116 Å². The van der Waals surface area contributed by atoms with Crippen molar-refractivity contribution in [2.45, 2.75) is 117 Å². The standard InChI is InChI=1S/C44H56F2N6O9S2/c1-25(2)37-33(21-20-31-22-32(60-44(8,9)59-31)23-35(54)61-43(5,6)7)39(27-12-16-29(45)17-13-27)50-42(49-37)52(10)63(57,58)24-34(53)36-38(26(3)4)47-41(51-62(11,55)56)48-40(36)28-14-18-30(46)19-15-28/h12-21,25-26,31-32,34,53H,22-24H2,1-11H3,(H,47,48,51)/b21-20+/t31-,32-,34?/m1/s1. The molecule has 0 bridgehead atoms. The Morgan fingerprint density at radius 1 is 0.905 bits per heavy atom. The van der Waals surface area contributed by atoms with Crippen molar-refractivity contribution in [3.05, 3.63) is 88.8 Å². The molecule has 0 spiro atoms. The molecule has 1 aliphatic rings. The first-order chi connectivity index (χ1) is 29.1. The average molecular weight is 915 g/mol. The molecular weight excluding hydrogens is 859 g/mol. The molecule has 1 saturated heterocycles. The van der Waals surface area contributed by atoms with Gasteiger partial charge in [0.1, 0.15) is 17.2 Å². The van der Waals surface area contributed by atoms with Crippen molar-refractivity contribution >= 4 is 44.0 Å². The Bertz CT molecular complexity index is 2550. The lowest BCUT2D eigenvalue weighted by molar-refractivity contribution is -0.290. The molecule has 0 amide bonds. The van der Waals surface area contributed by atoms with E-state index in [1.165, 1.54) is 43.4 Å². The molecule has 2 N–H and O–H groups in total. The smallest absolute Gasteiger partial charge is 0.308 e. The lowest BCUT2D eigenvalue weighted by atomic mass is 9.95. The van der Waals surface area contributed by atoms with E-state index in [0.29, 0.717) is 23.2 Å². The van der Waals surface area contributed by atoms with E-state index in [2.05, 4.69) is 14.7 Å². The van der Waals surface area contributed by atoms with E-state index in [-0.39, 0.29) is 52.4 Å². The molecule has 1 unspecified atom stereocenters. The van der Waals surface area contributed by atoms with Crippen LogP contribution in [-0.2, 0) is 39.1 Å². The Balaban J connectivity index is 1.56. The summed E-state index contributed by atoms with van der Waals surface area (Å²) in [7, 11) is -7.11. The predicted molar refractivity (Wildman–Crippen MR) is 237 cm³/mol. The van der Waals surface area contributed by atoms with E-state index >= 15 is 0 Å². The number of benzene rings is 2. The van der Waals surface area contributed by atoms with Gasteiger partial charge in [0, 0.05) is 35.7 Å². The second-order valence-electron chi connectivity index (χ2n) is 17.5. The number of aliphatic hydroxyl groups excluding tert-OH is 1. The predicted octanol–water partition coefficient (Wildman–Crippen LogP) is 7.65. The number of esters is 1. The molecule has 1 aliphatic heterocycles. The minimum Gasteiger partial charge on any atom is -0.460 e. The van der Waals surface area contributed by atoms with E-state index in [4.69, 9.17) is 24.2 Å². The fraction of sp³-hybridized carbons (Fsp3) is 0.477. The number of anilines is 2. The molecule has 19 heteroatoms. The monoisotopic (exact) mass is 914 g/mol. The van der Waals surface area contributed by atoms with Gasteiger partial charge in [-0.2, -0.15) is 0 Å². The zero-order valence-corrected chi connectivity index (χ0v) is 38.9. The van der Waals surface area contributed by atoms with Gasteiger partial charge in [0.2, 0.25) is 31.9 Å².